The van der Waals surface area contributed by atoms with E-state index in [-0.39, 0.29) is 17.4 Å². The van der Waals surface area contributed by atoms with E-state index in [1.54, 1.807) is 0 Å². The molecule has 0 bridgehead atoms. The highest BCUT2D eigenvalue weighted by molar-refractivity contribution is 9.10. The highest BCUT2D eigenvalue weighted by Crippen LogP contribution is 2.24. The zero-order valence-electron chi connectivity index (χ0n) is 9.34. The Bertz CT molecular complexity index is 481. The second kappa shape index (κ2) is 5.08. The fraction of sp³-hybridized carbons (Fsp3) is 0.500. The van der Waals surface area contributed by atoms with Crippen LogP contribution in [0.5, 0.6) is 0 Å². The molecule has 2 unspecified atom stereocenters. The topological polar surface area (TPSA) is 54.4 Å². The van der Waals surface area contributed by atoms with Crippen molar-refractivity contribution in [1.82, 2.24) is 0 Å². The normalized spacial score (nSPS) is 24.7. The third-order valence-electron chi connectivity index (χ3n) is 3.17. The van der Waals surface area contributed by atoms with Crippen molar-refractivity contribution in [2.24, 2.45) is 5.92 Å². The van der Waals surface area contributed by atoms with Gasteiger partial charge in [0.25, 0.3) is 0 Å². The Balaban J connectivity index is 1.98. The van der Waals surface area contributed by atoms with E-state index in [0.29, 0.717) is 12.8 Å². The second-order valence-corrected chi connectivity index (χ2v) is 7.71. The van der Waals surface area contributed by atoms with Crippen LogP contribution >= 0.6 is 15.9 Å². The molecule has 1 aliphatic heterocycles. The lowest BCUT2D eigenvalue weighted by molar-refractivity contribution is 0.120. The molecule has 1 saturated heterocycles. The third-order valence-corrected chi connectivity index (χ3v) is 5.49. The molecule has 1 aliphatic rings. The lowest BCUT2D eigenvalue weighted by atomic mass is 9.96. The zero-order chi connectivity index (χ0) is 12.5. The predicted octanol–water partition coefficient (Wildman–Crippen LogP) is 1.79. The molecule has 0 saturated carbocycles. The molecule has 1 aromatic carbocycles. The van der Waals surface area contributed by atoms with Crippen molar-refractivity contribution in [1.29, 1.82) is 0 Å². The third kappa shape index (κ3) is 3.53. The number of benzene rings is 1. The van der Waals surface area contributed by atoms with E-state index in [0.717, 1.165) is 10.0 Å². The van der Waals surface area contributed by atoms with Crippen LogP contribution in [0.3, 0.4) is 0 Å². The Kier molecular flexibility index (Phi) is 3.90. The van der Waals surface area contributed by atoms with E-state index in [4.69, 9.17) is 0 Å². The Morgan fingerprint density at radius 2 is 2.00 bits per heavy atom. The number of rotatable bonds is 3. The van der Waals surface area contributed by atoms with Gasteiger partial charge >= 0.3 is 0 Å². The number of hydrogen-bond acceptors (Lipinski definition) is 3. The molecular weight excluding hydrogens is 304 g/mol. The first-order valence-corrected chi connectivity index (χ1v) is 8.21. The standard InChI is InChI=1S/C12H15BrO3S/c13-11-3-1-9(2-4-11)7-12(14)10-5-6-17(15,16)8-10/h1-4,10,12,14H,5-8H2. The summed E-state index contributed by atoms with van der Waals surface area (Å²) < 4.78 is 23.6. The van der Waals surface area contributed by atoms with Crippen LogP contribution in [-0.2, 0) is 16.3 Å². The van der Waals surface area contributed by atoms with Crippen LogP contribution in [0.25, 0.3) is 0 Å². The lowest BCUT2D eigenvalue weighted by Gasteiger charge is -2.16. The molecule has 0 amide bonds. The van der Waals surface area contributed by atoms with Crippen LogP contribution in [0.15, 0.2) is 28.7 Å². The van der Waals surface area contributed by atoms with Crippen molar-refractivity contribution in [3.05, 3.63) is 34.3 Å². The number of sulfone groups is 1. The Morgan fingerprint density at radius 1 is 1.35 bits per heavy atom. The van der Waals surface area contributed by atoms with E-state index in [2.05, 4.69) is 15.9 Å². The van der Waals surface area contributed by atoms with Gasteiger partial charge in [0.05, 0.1) is 17.6 Å². The molecule has 0 radical (unpaired) electrons. The molecule has 3 nitrogen and oxygen atoms in total. The van der Waals surface area contributed by atoms with Crippen molar-refractivity contribution in [2.75, 3.05) is 11.5 Å². The Hall–Kier alpha value is -0.390. The fourth-order valence-electron chi connectivity index (χ4n) is 2.16. The average molecular weight is 319 g/mol. The lowest BCUT2D eigenvalue weighted by Crippen LogP contribution is -2.23. The van der Waals surface area contributed by atoms with Crippen LogP contribution in [-0.4, -0.2) is 31.1 Å². The van der Waals surface area contributed by atoms with Gasteiger partial charge in [-0.15, -0.1) is 0 Å². The molecular formula is C12H15BrO3S. The summed E-state index contributed by atoms with van der Waals surface area (Å²) in [5, 5.41) is 10.0. The number of aliphatic hydroxyl groups is 1. The molecule has 1 aromatic rings. The van der Waals surface area contributed by atoms with Crippen molar-refractivity contribution < 1.29 is 13.5 Å². The molecule has 1 heterocycles. The van der Waals surface area contributed by atoms with E-state index < -0.39 is 15.9 Å². The predicted molar refractivity (Wildman–Crippen MR) is 70.6 cm³/mol. The summed E-state index contributed by atoms with van der Waals surface area (Å²) in [7, 11) is -2.91. The van der Waals surface area contributed by atoms with Gasteiger partial charge in [-0.3, -0.25) is 0 Å². The maximum Gasteiger partial charge on any atom is 0.150 e. The van der Waals surface area contributed by atoms with E-state index in [1.165, 1.54) is 0 Å². The van der Waals surface area contributed by atoms with Crippen LogP contribution < -0.4 is 0 Å². The smallest absolute Gasteiger partial charge is 0.150 e. The zero-order valence-corrected chi connectivity index (χ0v) is 11.7. The van der Waals surface area contributed by atoms with Gasteiger partial charge in [0, 0.05) is 10.4 Å². The number of hydrogen-bond donors (Lipinski definition) is 1. The molecule has 5 heteroatoms. The van der Waals surface area contributed by atoms with Gasteiger partial charge in [0.15, 0.2) is 9.84 Å². The van der Waals surface area contributed by atoms with Crippen LogP contribution in [0.4, 0.5) is 0 Å². The molecule has 0 aliphatic carbocycles. The largest absolute Gasteiger partial charge is 0.392 e. The van der Waals surface area contributed by atoms with Gasteiger partial charge < -0.3 is 5.11 Å². The van der Waals surface area contributed by atoms with Gasteiger partial charge in [-0.05, 0) is 30.5 Å². The average Bonchev–Trinajstić information content (AvgIpc) is 2.62. The maximum absolute atomic E-state index is 11.3. The molecule has 2 atom stereocenters. The Labute approximate surface area is 110 Å². The molecule has 94 valence electrons. The molecule has 0 spiro atoms. The number of aliphatic hydroxyl groups excluding tert-OH is 1. The fourth-order valence-corrected chi connectivity index (χ4v) is 4.29. The first-order chi connectivity index (χ1) is 7.96. The minimum Gasteiger partial charge on any atom is -0.392 e. The first-order valence-electron chi connectivity index (χ1n) is 5.59. The van der Waals surface area contributed by atoms with Crippen LogP contribution in [0, 0.1) is 5.92 Å². The SMILES string of the molecule is O=S1(=O)CCC(C(O)Cc2ccc(Br)cc2)C1. The van der Waals surface area contributed by atoms with Crippen LogP contribution in [0.2, 0.25) is 0 Å². The van der Waals surface area contributed by atoms with Crippen molar-refractivity contribution >= 4 is 25.8 Å². The Morgan fingerprint density at radius 3 is 2.53 bits per heavy atom. The molecule has 2 rings (SSSR count). The maximum atomic E-state index is 11.3. The highest BCUT2D eigenvalue weighted by atomic mass is 79.9. The molecule has 17 heavy (non-hydrogen) atoms. The first kappa shape index (κ1) is 13.1. The summed E-state index contributed by atoms with van der Waals surface area (Å²) in [4.78, 5) is 0. The van der Waals surface area contributed by atoms with Gasteiger partial charge in [-0.2, -0.15) is 0 Å². The van der Waals surface area contributed by atoms with Crippen molar-refractivity contribution in [3.63, 3.8) is 0 Å². The molecule has 0 aromatic heterocycles. The molecule has 1 N–H and O–H groups in total. The van der Waals surface area contributed by atoms with Gasteiger partial charge in [0.2, 0.25) is 0 Å². The highest BCUT2D eigenvalue weighted by Gasteiger charge is 2.32. The number of halogens is 1. The van der Waals surface area contributed by atoms with Crippen molar-refractivity contribution in [2.45, 2.75) is 18.9 Å². The quantitative estimate of drug-likeness (QED) is 0.924. The minimum absolute atomic E-state index is 0.108. The minimum atomic E-state index is -2.91. The second-order valence-electron chi connectivity index (χ2n) is 4.56. The van der Waals surface area contributed by atoms with Gasteiger partial charge in [0.1, 0.15) is 0 Å². The summed E-state index contributed by atoms with van der Waals surface area (Å²) >= 11 is 3.35. The van der Waals surface area contributed by atoms with Gasteiger partial charge in [-0.25, -0.2) is 8.42 Å². The van der Waals surface area contributed by atoms with E-state index in [1.807, 2.05) is 24.3 Å². The summed E-state index contributed by atoms with van der Waals surface area (Å²) in [6, 6.07) is 7.73. The van der Waals surface area contributed by atoms with E-state index in [9.17, 15) is 13.5 Å². The molecule has 1 fully saturated rings. The monoisotopic (exact) mass is 318 g/mol. The summed E-state index contributed by atoms with van der Waals surface area (Å²) in [6.45, 7) is 0. The van der Waals surface area contributed by atoms with Crippen molar-refractivity contribution in [3.8, 4) is 0 Å². The summed E-state index contributed by atoms with van der Waals surface area (Å²) in [6.07, 6.45) is 0.543. The summed E-state index contributed by atoms with van der Waals surface area (Å²) in [5.74, 6) is 0.239. The van der Waals surface area contributed by atoms with Gasteiger partial charge in [-0.1, -0.05) is 28.1 Å². The van der Waals surface area contributed by atoms with Crippen LogP contribution in [0.1, 0.15) is 12.0 Å². The summed E-state index contributed by atoms with van der Waals surface area (Å²) in [5.41, 5.74) is 1.03. The van der Waals surface area contributed by atoms with E-state index >= 15 is 0 Å².